The number of furan rings is 1. The van der Waals surface area contributed by atoms with Crippen molar-refractivity contribution in [2.75, 3.05) is 27.7 Å². The summed E-state index contributed by atoms with van der Waals surface area (Å²) in [5.74, 6) is 0.0895. The van der Waals surface area contributed by atoms with Gasteiger partial charge in [-0.05, 0) is 43.0 Å². The third-order valence-electron chi connectivity index (χ3n) is 6.86. The van der Waals surface area contributed by atoms with Crippen LogP contribution in [0.2, 0.25) is 5.02 Å². The number of halogens is 2. The van der Waals surface area contributed by atoms with E-state index in [9.17, 15) is 12.8 Å². The SMILES string of the molecule is CCCN(CCC(CC)CC)c1cncc(C2=CN(c3c(F)ccc(NS(=O)(=O)c4ccoc4)c3Cl)[NH2+]N2)c1. The van der Waals surface area contributed by atoms with E-state index in [0.29, 0.717) is 11.6 Å². The van der Waals surface area contributed by atoms with Gasteiger partial charge in [-0.25, -0.2) is 18.2 Å². The molecule has 0 saturated carbocycles. The van der Waals surface area contributed by atoms with Crippen molar-refractivity contribution in [2.45, 2.75) is 51.3 Å². The molecule has 3 aromatic rings. The fourth-order valence-electron chi connectivity index (χ4n) is 4.53. The largest absolute Gasteiger partial charge is 0.471 e. The van der Waals surface area contributed by atoms with Gasteiger partial charge in [-0.1, -0.05) is 45.2 Å². The van der Waals surface area contributed by atoms with Crippen LogP contribution in [0, 0.1) is 11.7 Å². The number of hydrogen-bond acceptors (Lipinski definition) is 7. The summed E-state index contributed by atoms with van der Waals surface area (Å²) in [6.07, 6.45) is 12.2. The molecule has 1 aliphatic heterocycles. The molecular formula is C27H35ClFN6O3S+. The van der Waals surface area contributed by atoms with Crippen molar-refractivity contribution in [1.82, 2.24) is 10.4 Å². The molecule has 0 bridgehead atoms. The summed E-state index contributed by atoms with van der Waals surface area (Å²) in [6.45, 7) is 8.52. The molecule has 0 spiro atoms. The zero-order valence-corrected chi connectivity index (χ0v) is 23.9. The quantitative estimate of drug-likeness (QED) is 0.242. The number of aromatic nitrogens is 1. The van der Waals surface area contributed by atoms with Crippen molar-refractivity contribution in [3.8, 4) is 0 Å². The maximum absolute atomic E-state index is 15.0. The number of rotatable bonds is 13. The molecular weight excluding hydrogens is 543 g/mol. The summed E-state index contributed by atoms with van der Waals surface area (Å²) in [4.78, 5) is 6.77. The normalized spacial score (nSPS) is 13.5. The zero-order chi connectivity index (χ0) is 28.0. The first kappa shape index (κ1) is 28.7. The highest BCUT2D eigenvalue weighted by molar-refractivity contribution is 7.92. The van der Waals surface area contributed by atoms with Crippen molar-refractivity contribution in [3.63, 3.8) is 0 Å². The second-order valence-corrected chi connectivity index (χ2v) is 11.5. The Morgan fingerprint density at radius 3 is 2.69 bits per heavy atom. The summed E-state index contributed by atoms with van der Waals surface area (Å²) >= 11 is 6.51. The van der Waals surface area contributed by atoms with Gasteiger partial charge in [-0.15, -0.1) is 5.53 Å². The minimum absolute atomic E-state index is 0.00783. The highest BCUT2D eigenvalue weighted by Crippen LogP contribution is 2.36. The number of nitrogens with one attached hydrogen (secondary N) is 2. The van der Waals surface area contributed by atoms with Crippen molar-refractivity contribution in [3.05, 3.63) is 71.8 Å². The molecule has 0 aliphatic carbocycles. The van der Waals surface area contributed by atoms with Crippen LogP contribution in [0.15, 0.2) is 64.7 Å². The Kier molecular flexibility index (Phi) is 9.36. The predicted molar refractivity (Wildman–Crippen MR) is 152 cm³/mol. The fraction of sp³-hybridized carbons (Fsp3) is 0.370. The van der Waals surface area contributed by atoms with Gasteiger partial charge in [0.2, 0.25) is 0 Å². The number of nitrogens with zero attached hydrogens (tertiary/aromatic N) is 3. The average Bonchev–Trinajstić information content (AvgIpc) is 3.64. The lowest BCUT2D eigenvalue weighted by Crippen LogP contribution is -2.97. The van der Waals surface area contributed by atoms with Gasteiger partial charge in [0.25, 0.3) is 10.0 Å². The smallest absolute Gasteiger partial charge is 0.265 e. The average molecular weight is 578 g/mol. The van der Waals surface area contributed by atoms with E-state index in [-0.39, 0.29) is 21.3 Å². The van der Waals surface area contributed by atoms with Crippen LogP contribution in [-0.4, -0.2) is 26.5 Å². The van der Waals surface area contributed by atoms with Gasteiger partial charge >= 0.3 is 0 Å². The second-order valence-electron chi connectivity index (χ2n) is 9.44. The maximum Gasteiger partial charge on any atom is 0.265 e. The topological polar surface area (TPSA) is 107 Å². The molecule has 0 atom stereocenters. The van der Waals surface area contributed by atoms with Gasteiger partial charge in [0, 0.05) is 24.8 Å². The van der Waals surface area contributed by atoms with E-state index in [0.717, 1.165) is 43.4 Å². The van der Waals surface area contributed by atoms with Crippen molar-refractivity contribution in [2.24, 2.45) is 5.92 Å². The van der Waals surface area contributed by atoms with E-state index in [2.05, 4.69) is 46.9 Å². The number of anilines is 3. The minimum Gasteiger partial charge on any atom is -0.471 e. The van der Waals surface area contributed by atoms with Gasteiger partial charge in [0.15, 0.2) is 11.5 Å². The molecule has 4 rings (SSSR count). The van der Waals surface area contributed by atoms with Crippen LogP contribution >= 0.6 is 11.6 Å². The molecule has 0 amide bonds. The lowest BCUT2D eigenvalue weighted by Gasteiger charge is -2.26. The molecule has 0 unspecified atom stereocenters. The zero-order valence-electron chi connectivity index (χ0n) is 22.3. The van der Waals surface area contributed by atoms with Crippen LogP contribution in [0.4, 0.5) is 21.5 Å². The molecule has 4 N–H and O–H groups in total. The standard InChI is InChI=1S/C27H34ClFN6O3S/c1-4-11-34(12-9-19(5-2)6-3)21-14-20(15-30-16-21)25-17-35(33-31-25)27-23(29)7-8-24(26(27)28)32-39(36,37)22-10-13-38-18-22/h7-8,10,13-19,31-33H,4-6,9,11-12H2,1-3H3/p+1. The molecule has 0 radical (unpaired) electrons. The number of hydrogen-bond donors (Lipinski definition) is 3. The fourth-order valence-corrected chi connectivity index (χ4v) is 5.88. The molecule has 210 valence electrons. The molecule has 2 aromatic heterocycles. The number of quaternary nitrogens is 1. The summed E-state index contributed by atoms with van der Waals surface area (Å²) in [7, 11) is -3.95. The number of sulfonamides is 1. The summed E-state index contributed by atoms with van der Waals surface area (Å²) < 4.78 is 47.5. The first-order valence-electron chi connectivity index (χ1n) is 13.1. The van der Waals surface area contributed by atoms with Gasteiger partial charge < -0.3 is 9.32 Å². The van der Waals surface area contributed by atoms with Crippen molar-refractivity contribution in [1.29, 1.82) is 0 Å². The Bertz CT molecular complexity index is 1400. The van der Waals surface area contributed by atoms with E-state index >= 15 is 0 Å². The lowest BCUT2D eigenvalue weighted by molar-refractivity contribution is -0.696. The molecule has 0 saturated heterocycles. The highest BCUT2D eigenvalue weighted by Gasteiger charge is 2.27. The molecule has 0 fully saturated rings. The minimum atomic E-state index is -3.95. The first-order valence-corrected chi connectivity index (χ1v) is 15.0. The molecule has 39 heavy (non-hydrogen) atoms. The second kappa shape index (κ2) is 12.7. The molecule has 9 nitrogen and oxygen atoms in total. The Labute approximate surface area is 234 Å². The van der Waals surface area contributed by atoms with Gasteiger partial charge in [-0.2, -0.15) is 5.01 Å². The third kappa shape index (κ3) is 6.66. The molecule has 1 aromatic carbocycles. The van der Waals surface area contributed by atoms with Crippen LogP contribution < -0.4 is 25.6 Å². The van der Waals surface area contributed by atoms with E-state index in [1.807, 2.05) is 6.20 Å². The Morgan fingerprint density at radius 2 is 2.00 bits per heavy atom. The lowest BCUT2D eigenvalue weighted by atomic mass is 9.99. The Morgan fingerprint density at radius 1 is 1.21 bits per heavy atom. The van der Waals surface area contributed by atoms with Crippen LogP contribution in [-0.2, 0) is 10.0 Å². The van der Waals surface area contributed by atoms with E-state index < -0.39 is 15.8 Å². The van der Waals surface area contributed by atoms with E-state index in [4.69, 9.17) is 16.0 Å². The van der Waals surface area contributed by atoms with Gasteiger partial charge in [0.1, 0.15) is 16.9 Å². The van der Waals surface area contributed by atoms with E-state index in [1.54, 1.807) is 17.9 Å². The Balaban J connectivity index is 1.57. The Hall–Kier alpha value is -3.28. The molecule has 12 heteroatoms. The van der Waals surface area contributed by atoms with Crippen LogP contribution in [0.25, 0.3) is 5.70 Å². The van der Waals surface area contributed by atoms with Gasteiger partial charge in [0.05, 0.1) is 35.1 Å². The van der Waals surface area contributed by atoms with Crippen molar-refractivity contribution >= 4 is 44.4 Å². The van der Waals surface area contributed by atoms with Crippen LogP contribution in [0.5, 0.6) is 0 Å². The number of nitrogens with two attached hydrogens (primary N) is 1. The summed E-state index contributed by atoms with van der Waals surface area (Å²) in [5.41, 5.74) is 7.35. The van der Waals surface area contributed by atoms with Crippen LogP contribution in [0.3, 0.4) is 0 Å². The molecule has 3 heterocycles. The maximum atomic E-state index is 15.0. The molecule has 1 aliphatic rings. The van der Waals surface area contributed by atoms with Crippen LogP contribution in [0.1, 0.15) is 52.0 Å². The summed E-state index contributed by atoms with van der Waals surface area (Å²) in [6, 6.07) is 5.83. The third-order valence-corrected chi connectivity index (χ3v) is 8.58. The number of benzene rings is 1. The first-order chi connectivity index (χ1) is 18.8. The monoisotopic (exact) mass is 577 g/mol. The van der Waals surface area contributed by atoms with E-state index in [1.165, 1.54) is 42.3 Å². The highest BCUT2D eigenvalue weighted by atomic mass is 35.5. The number of pyridine rings is 1. The summed E-state index contributed by atoms with van der Waals surface area (Å²) in [5, 5.41) is 1.41. The predicted octanol–water partition coefficient (Wildman–Crippen LogP) is 5.11. The van der Waals surface area contributed by atoms with Crippen molar-refractivity contribution < 1.29 is 22.8 Å². The van der Waals surface area contributed by atoms with Gasteiger partial charge in [-0.3, -0.25) is 9.71 Å².